The molecule has 0 aromatic rings. The summed E-state index contributed by atoms with van der Waals surface area (Å²) in [5.41, 5.74) is -0.976. The summed E-state index contributed by atoms with van der Waals surface area (Å²) in [6.45, 7) is 3.24. The lowest BCUT2D eigenvalue weighted by molar-refractivity contribution is 0.0857. The Labute approximate surface area is 79.4 Å². The highest BCUT2D eigenvalue weighted by Crippen LogP contribution is 2.29. The topological polar surface area (TPSA) is 66.4 Å². The van der Waals surface area contributed by atoms with E-state index in [0.29, 0.717) is 5.92 Å². The Morgan fingerprint density at radius 2 is 2.00 bits per heavy atom. The van der Waals surface area contributed by atoms with E-state index in [4.69, 9.17) is 0 Å². The molecule has 1 saturated carbocycles. The third kappa shape index (κ3) is 5.23. The van der Waals surface area contributed by atoms with Gasteiger partial charge in [-0.15, -0.1) is 0 Å². The highest BCUT2D eigenvalue weighted by atomic mass is 32.2. The molecule has 1 rings (SSSR count). The molecular weight excluding hydrogens is 190 g/mol. The first kappa shape index (κ1) is 10.9. The highest BCUT2D eigenvalue weighted by Gasteiger charge is 2.28. The van der Waals surface area contributed by atoms with Crippen LogP contribution in [0.4, 0.5) is 0 Å². The van der Waals surface area contributed by atoms with Crippen molar-refractivity contribution in [2.45, 2.75) is 32.3 Å². The van der Waals surface area contributed by atoms with Gasteiger partial charge in [0, 0.05) is 6.54 Å². The largest absolute Gasteiger partial charge is 0.389 e. The van der Waals surface area contributed by atoms with Gasteiger partial charge in [0.05, 0.1) is 11.4 Å². The molecule has 0 bridgehead atoms. The molecule has 78 valence electrons. The molecule has 1 aliphatic carbocycles. The Morgan fingerprint density at radius 1 is 1.46 bits per heavy atom. The van der Waals surface area contributed by atoms with E-state index in [2.05, 4.69) is 4.72 Å². The summed E-state index contributed by atoms with van der Waals surface area (Å²) >= 11 is 0. The van der Waals surface area contributed by atoms with Crippen molar-refractivity contribution in [3.8, 4) is 0 Å². The fraction of sp³-hybridized carbons (Fsp3) is 1.00. The van der Waals surface area contributed by atoms with Crippen LogP contribution in [-0.2, 0) is 10.0 Å². The second-order valence-electron chi connectivity index (χ2n) is 4.36. The first-order valence-electron chi connectivity index (χ1n) is 4.48. The molecule has 5 heteroatoms. The summed E-state index contributed by atoms with van der Waals surface area (Å²) in [5, 5.41) is 9.30. The Morgan fingerprint density at radius 3 is 2.38 bits per heavy atom. The lowest BCUT2D eigenvalue weighted by Gasteiger charge is -2.17. The van der Waals surface area contributed by atoms with Crippen molar-refractivity contribution >= 4 is 10.0 Å². The Hall–Kier alpha value is -0.130. The summed E-state index contributed by atoms with van der Waals surface area (Å²) in [6.07, 6.45) is 2.03. The average Bonchev–Trinajstić information content (AvgIpc) is 2.66. The second-order valence-corrected chi connectivity index (χ2v) is 6.21. The molecule has 0 heterocycles. The molecule has 13 heavy (non-hydrogen) atoms. The SMILES string of the molecule is CC(C)(O)CNS(=O)(=O)CC1CC1. The van der Waals surface area contributed by atoms with E-state index in [1.165, 1.54) is 0 Å². The highest BCUT2D eigenvalue weighted by molar-refractivity contribution is 7.89. The van der Waals surface area contributed by atoms with Crippen LogP contribution in [-0.4, -0.2) is 31.4 Å². The second kappa shape index (κ2) is 3.55. The summed E-state index contributed by atoms with van der Waals surface area (Å²) in [5.74, 6) is 0.558. The van der Waals surface area contributed by atoms with Crippen molar-refractivity contribution in [1.82, 2.24) is 4.72 Å². The molecule has 0 aromatic carbocycles. The van der Waals surface area contributed by atoms with Gasteiger partial charge in [-0.25, -0.2) is 13.1 Å². The summed E-state index contributed by atoms with van der Waals surface area (Å²) in [7, 11) is -3.16. The Balaban J connectivity index is 2.33. The normalized spacial score (nSPS) is 19.0. The molecule has 2 N–H and O–H groups in total. The van der Waals surface area contributed by atoms with Crippen molar-refractivity contribution < 1.29 is 13.5 Å². The molecular formula is C8H17NO3S. The lowest BCUT2D eigenvalue weighted by atomic mass is 10.1. The maximum atomic E-state index is 11.3. The number of hydrogen-bond acceptors (Lipinski definition) is 3. The fourth-order valence-corrected chi connectivity index (χ4v) is 2.59. The first-order valence-corrected chi connectivity index (χ1v) is 6.13. The molecule has 1 aliphatic rings. The zero-order valence-corrected chi connectivity index (χ0v) is 8.89. The molecule has 0 saturated heterocycles. The minimum absolute atomic E-state index is 0.0854. The number of aliphatic hydroxyl groups is 1. The van der Waals surface area contributed by atoms with Gasteiger partial charge in [0.2, 0.25) is 10.0 Å². The number of rotatable bonds is 5. The zero-order valence-electron chi connectivity index (χ0n) is 8.08. The van der Waals surface area contributed by atoms with E-state index in [-0.39, 0.29) is 12.3 Å². The van der Waals surface area contributed by atoms with Crippen molar-refractivity contribution in [1.29, 1.82) is 0 Å². The third-order valence-electron chi connectivity index (χ3n) is 1.88. The van der Waals surface area contributed by atoms with Crippen LogP contribution in [0.2, 0.25) is 0 Å². The van der Waals surface area contributed by atoms with Gasteiger partial charge in [0.15, 0.2) is 0 Å². The molecule has 4 nitrogen and oxygen atoms in total. The molecule has 0 amide bonds. The van der Waals surface area contributed by atoms with Crippen LogP contribution in [0.3, 0.4) is 0 Å². The van der Waals surface area contributed by atoms with Gasteiger partial charge in [-0.05, 0) is 32.6 Å². The van der Waals surface area contributed by atoms with Crippen LogP contribution in [0.1, 0.15) is 26.7 Å². The van der Waals surface area contributed by atoms with Crippen molar-refractivity contribution in [2.75, 3.05) is 12.3 Å². The van der Waals surface area contributed by atoms with Gasteiger partial charge in [-0.3, -0.25) is 0 Å². The molecule has 0 spiro atoms. The predicted octanol–water partition coefficient (Wildman–Crippen LogP) is 0.0867. The summed E-state index contributed by atoms with van der Waals surface area (Å²) < 4.78 is 25.0. The van der Waals surface area contributed by atoms with Gasteiger partial charge in [0.25, 0.3) is 0 Å². The van der Waals surface area contributed by atoms with Gasteiger partial charge in [-0.1, -0.05) is 0 Å². The maximum absolute atomic E-state index is 11.3. The van der Waals surface area contributed by atoms with E-state index < -0.39 is 15.6 Å². The molecule has 0 unspecified atom stereocenters. The van der Waals surface area contributed by atoms with Gasteiger partial charge in [0.1, 0.15) is 0 Å². The lowest BCUT2D eigenvalue weighted by Crippen LogP contribution is -2.39. The van der Waals surface area contributed by atoms with E-state index in [9.17, 15) is 13.5 Å². The van der Waals surface area contributed by atoms with E-state index >= 15 is 0 Å². The number of nitrogens with one attached hydrogen (secondary N) is 1. The zero-order chi connectivity index (χ0) is 10.1. The minimum Gasteiger partial charge on any atom is -0.389 e. The van der Waals surface area contributed by atoms with Gasteiger partial charge in [-0.2, -0.15) is 0 Å². The fourth-order valence-electron chi connectivity index (χ4n) is 0.940. The van der Waals surface area contributed by atoms with E-state index in [0.717, 1.165) is 12.8 Å². The molecule has 0 aromatic heterocycles. The number of sulfonamides is 1. The summed E-state index contributed by atoms with van der Waals surface area (Å²) in [6, 6.07) is 0. The standard InChI is InChI=1S/C8H17NO3S/c1-8(2,10)6-9-13(11,12)5-7-3-4-7/h7,9-10H,3-6H2,1-2H3. The number of hydrogen-bond donors (Lipinski definition) is 2. The van der Waals surface area contributed by atoms with Crippen LogP contribution in [0.15, 0.2) is 0 Å². The van der Waals surface area contributed by atoms with Crippen LogP contribution >= 0.6 is 0 Å². The summed E-state index contributed by atoms with van der Waals surface area (Å²) in [4.78, 5) is 0. The monoisotopic (exact) mass is 207 g/mol. The van der Waals surface area contributed by atoms with Crippen molar-refractivity contribution in [2.24, 2.45) is 5.92 Å². The Bertz CT molecular complexity index is 262. The molecule has 0 radical (unpaired) electrons. The average molecular weight is 207 g/mol. The third-order valence-corrected chi connectivity index (χ3v) is 3.37. The van der Waals surface area contributed by atoms with Crippen molar-refractivity contribution in [3.63, 3.8) is 0 Å². The maximum Gasteiger partial charge on any atom is 0.211 e. The van der Waals surface area contributed by atoms with Crippen LogP contribution < -0.4 is 4.72 Å². The van der Waals surface area contributed by atoms with Crippen molar-refractivity contribution in [3.05, 3.63) is 0 Å². The first-order chi connectivity index (χ1) is 5.79. The van der Waals surface area contributed by atoms with Crippen LogP contribution in [0.5, 0.6) is 0 Å². The minimum atomic E-state index is -3.16. The van der Waals surface area contributed by atoms with Gasteiger partial charge < -0.3 is 5.11 Å². The van der Waals surface area contributed by atoms with E-state index in [1.807, 2.05) is 0 Å². The molecule has 0 aliphatic heterocycles. The molecule has 0 atom stereocenters. The Kier molecular flexibility index (Phi) is 2.99. The van der Waals surface area contributed by atoms with Crippen LogP contribution in [0, 0.1) is 5.92 Å². The van der Waals surface area contributed by atoms with Crippen LogP contribution in [0.25, 0.3) is 0 Å². The quantitative estimate of drug-likeness (QED) is 0.671. The predicted molar refractivity (Wildman–Crippen MR) is 50.8 cm³/mol. The molecule has 1 fully saturated rings. The van der Waals surface area contributed by atoms with Gasteiger partial charge >= 0.3 is 0 Å². The smallest absolute Gasteiger partial charge is 0.211 e. The van der Waals surface area contributed by atoms with E-state index in [1.54, 1.807) is 13.8 Å².